The second kappa shape index (κ2) is 8.77. The summed E-state index contributed by atoms with van der Waals surface area (Å²) in [5, 5.41) is 21.9. The summed E-state index contributed by atoms with van der Waals surface area (Å²) in [6.45, 7) is 0. The number of carboxylic acid groups (broad SMARTS) is 1. The Hall–Kier alpha value is -2.35. The molecule has 0 fully saturated rings. The van der Waals surface area contributed by atoms with Crippen LogP contribution in [0.25, 0.3) is 10.8 Å². The number of carbonyl (C=O) groups excluding carboxylic acids is 1. The number of hydrogen-bond acceptors (Lipinski definition) is 7. The van der Waals surface area contributed by atoms with Gasteiger partial charge in [0.2, 0.25) is 0 Å². The van der Waals surface area contributed by atoms with Crippen molar-refractivity contribution in [3.63, 3.8) is 0 Å². The van der Waals surface area contributed by atoms with E-state index < -0.39 is 5.97 Å². The average Bonchev–Trinajstić information content (AvgIpc) is 3.19. The highest BCUT2D eigenvalue weighted by Gasteiger charge is 2.08. The SMILES string of the molecule is O=C([O-])c1ccc(CSc2nnc(SCc3cccc4ccccc34)s2)cc1. The van der Waals surface area contributed by atoms with E-state index in [9.17, 15) is 9.90 Å². The number of aromatic carboxylic acids is 1. The van der Waals surface area contributed by atoms with Gasteiger partial charge in [-0.05, 0) is 27.5 Å². The highest BCUT2D eigenvalue weighted by molar-refractivity contribution is 8.02. The molecule has 140 valence electrons. The molecular formula is C21H15N2O2S3-. The second-order valence-electron chi connectivity index (χ2n) is 6.03. The average molecular weight is 424 g/mol. The Morgan fingerprint density at radius 2 is 1.54 bits per heavy atom. The van der Waals surface area contributed by atoms with Crippen LogP contribution in [0.4, 0.5) is 0 Å². The third kappa shape index (κ3) is 4.55. The van der Waals surface area contributed by atoms with Gasteiger partial charge in [0.1, 0.15) is 0 Å². The molecular weight excluding hydrogens is 408 g/mol. The lowest BCUT2D eigenvalue weighted by Crippen LogP contribution is -2.21. The van der Waals surface area contributed by atoms with Gasteiger partial charge >= 0.3 is 0 Å². The maximum absolute atomic E-state index is 10.8. The molecule has 0 radical (unpaired) electrons. The normalized spacial score (nSPS) is 11.0. The Kier molecular flexibility index (Phi) is 5.95. The van der Waals surface area contributed by atoms with Crippen molar-refractivity contribution in [2.45, 2.75) is 20.2 Å². The molecule has 4 rings (SSSR count). The number of benzene rings is 3. The predicted molar refractivity (Wildman–Crippen MR) is 114 cm³/mol. The van der Waals surface area contributed by atoms with Crippen LogP contribution < -0.4 is 5.11 Å². The third-order valence-electron chi connectivity index (χ3n) is 4.17. The van der Waals surface area contributed by atoms with Gasteiger partial charge in [0, 0.05) is 11.5 Å². The van der Waals surface area contributed by atoms with Crippen molar-refractivity contribution in [2.24, 2.45) is 0 Å². The first-order valence-electron chi connectivity index (χ1n) is 8.55. The highest BCUT2D eigenvalue weighted by atomic mass is 32.2. The van der Waals surface area contributed by atoms with Crippen LogP contribution in [0.2, 0.25) is 0 Å². The van der Waals surface area contributed by atoms with Gasteiger partial charge in [0.25, 0.3) is 0 Å². The molecule has 0 aliphatic carbocycles. The molecule has 0 bridgehead atoms. The summed E-state index contributed by atoms with van der Waals surface area (Å²) in [6.07, 6.45) is 0. The number of aromatic nitrogens is 2. The Labute approximate surface area is 175 Å². The summed E-state index contributed by atoms with van der Waals surface area (Å²) in [5.41, 5.74) is 2.52. The van der Waals surface area contributed by atoms with Crippen molar-refractivity contribution in [2.75, 3.05) is 0 Å². The summed E-state index contributed by atoms with van der Waals surface area (Å²) in [4.78, 5) is 10.8. The number of thioether (sulfide) groups is 2. The van der Waals surface area contributed by atoms with Gasteiger partial charge in [-0.1, -0.05) is 102 Å². The fourth-order valence-electron chi connectivity index (χ4n) is 2.75. The van der Waals surface area contributed by atoms with Crippen LogP contribution in [0.5, 0.6) is 0 Å². The predicted octanol–water partition coefficient (Wildman–Crippen LogP) is 4.64. The van der Waals surface area contributed by atoms with E-state index in [1.54, 1.807) is 59.1 Å². The minimum Gasteiger partial charge on any atom is -0.545 e. The second-order valence-corrected chi connectivity index (χ2v) is 9.46. The number of fused-ring (bicyclic) bond motifs is 1. The maximum Gasteiger partial charge on any atom is 0.175 e. The van der Waals surface area contributed by atoms with Crippen LogP contribution in [0, 0.1) is 0 Å². The van der Waals surface area contributed by atoms with E-state index in [4.69, 9.17) is 0 Å². The Balaban J connectivity index is 1.36. The summed E-state index contributed by atoms with van der Waals surface area (Å²) in [7, 11) is 0. The van der Waals surface area contributed by atoms with Crippen molar-refractivity contribution >= 4 is 51.6 Å². The fourth-order valence-corrected chi connectivity index (χ4v) is 5.73. The molecule has 4 aromatic rings. The van der Waals surface area contributed by atoms with Crippen LogP contribution in [0.1, 0.15) is 21.5 Å². The zero-order valence-corrected chi connectivity index (χ0v) is 17.2. The van der Waals surface area contributed by atoms with Gasteiger partial charge in [0.05, 0.1) is 5.97 Å². The quantitative estimate of drug-likeness (QED) is 0.404. The maximum atomic E-state index is 10.8. The molecule has 0 atom stereocenters. The van der Waals surface area contributed by atoms with Crippen LogP contribution >= 0.6 is 34.9 Å². The molecule has 4 nitrogen and oxygen atoms in total. The lowest BCUT2D eigenvalue weighted by molar-refractivity contribution is -0.255. The largest absolute Gasteiger partial charge is 0.545 e. The zero-order valence-electron chi connectivity index (χ0n) is 14.7. The molecule has 7 heteroatoms. The summed E-state index contributed by atoms with van der Waals surface area (Å²) < 4.78 is 1.85. The molecule has 0 amide bonds. The summed E-state index contributed by atoms with van der Waals surface area (Å²) >= 11 is 4.88. The van der Waals surface area contributed by atoms with Crippen LogP contribution in [0.15, 0.2) is 75.4 Å². The standard InChI is InChI=1S/C21H16N2O2S3/c24-19(25)16-10-8-14(9-11-16)12-26-20-22-23-21(28-20)27-13-17-6-3-5-15-4-1-2-7-18(15)17/h1-11H,12-13H2,(H,24,25)/p-1. The molecule has 0 unspecified atom stereocenters. The molecule has 28 heavy (non-hydrogen) atoms. The molecule has 0 saturated carbocycles. The first-order valence-corrected chi connectivity index (χ1v) is 11.3. The summed E-state index contributed by atoms with van der Waals surface area (Å²) in [6, 6.07) is 21.5. The van der Waals surface area contributed by atoms with Crippen molar-refractivity contribution in [3.8, 4) is 0 Å². The molecule has 0 aliphatic rings. The molecule has 0 aliphatic heterocycles. The van der Waals surface area contributed by atoms with Crippen molar-refractivity contribution in [1.29, 1.82) is 0 Å². The third-order valence-corrected chi connectivity index (χ3v) is 7.48. The Bertz CT molecular complexity index is 1100. The minimum absolute atomic E-state index is 0.191. The lowest BCUT2D eigenvalue weighted by Gasteiger charge is -2.04. The van der Waals surface area contributed by atoms with Crippen LogP contribution in [-0.4, -0.2) is 16.2 Å². The van der Waals surface area contributed by atoms with Crippen molar-refractivity contribution in [1.82, 2.24) is 10.2 Å². The topological polar surface area (TPSA) is 65.9 Å². The van der Waals surface area contributed by atoms with E-state index in [-0.39, 0.29) is 5.56 Å². The smallest absolute Gasteiger partial charge is 0.175 e. The van der Waals surface area contributed by atoms with Crippen molar-refractivity contribution in [3.05, 3.63) is 83.4 Å². The number of carbonyl (C=O) groups is 1. The van der Waals surface area contributed by atoms with E-state index >= 15 is 0 Å². The van der Waals surface area contributed by atoms with Crippen molar-refractivity contribution < 1.29 is 9.90 Å². The van der Waals surface area contributed by atoms with E-state index in [0.29, 0.717) is 0 Å². The van der Waals surface area contributed by atoms with E-state index in [2.05, 4.69) is 52.7 Å². The van der Waals surface area contributed by atoms with Gasteiger partial charge in [-0.25, -0.2) is 0 Å². The molecule has 0 N–H and O–H groups in total. The van der Waals surface area contributed by atoms with E-state index in [0.717, 1.165) is 25.7 Å². The molecule has 0 saturated heterocycles. The number of rotatable bonds is 7. The number of hydrogen-bond donors (Lipinski definition) is 0. The monoisotopic (exact) mass is 423 g/mol. The molecule has 1 heterocycles. The summed E-state index contributed by atoms with van der Waals surface area (Å²) in [5.74, 6) is 0.414. The van der Waals surface area contributed by atoms with Gasteiger partial charge < -0.3 is 9.90 Å². The first-order chi connectivity index (χ1) is 13.7. The van der Waals surface area contributed by atoms with E-state index in [1.165, 1.54) is 16.3 Å². The molecule has 1 aromatic heterocycles. The van der Waals surface area contributed by atoms with Gasteiger partial charge in [-0.3, -0.25) is 0 Å². The zero-order chi connectivity index (χ0) is 19.3. The molecule has 0 spiro atoms. The lowest BCUT2D eigenvalue weighted by atomic mass is 10.1. The van der Waals surface area contributed by atoms with Gasteiger partial charge in [-0.15, -0.1) is 10.2 Å². The fraction of sp³-hybridized carbons (Fsp3) is 0.0952. The highest BCUT2D eigenvalue weighted by Crippen LogP contribution is 2.33. The number of carboxylic acids is 1. The number of nitrogens with zero attached hydrogens (tertiary/aromatic N) is 2. The van der Waals surface area contributed by atoms with Gasteiger partial charge in [0.15, 0.2) is 8.68 Å². The Morgan fingerprint density at radius 3 is 2.29 bits per heavy atom. The minimum atomic E-state index is -1.16. The van der Waals surface area contributed by atoms with E-state index in [1.807, 2.05) is 0 Å². The van der Waals surface area contributed by atoms with Crippen LogP contribution in [-0.2, 0) is 11.5 Å². The van der Waals surface area contributed by atoms with Crippen LogP contribution in [0.3, 0.4) is 0 Å². The first kappa shape index (κ1) is 19.0. The Morgan fingerprint density at radius 1 is 0.857 bits per heavy atom. The molecule has 3 aromatic carbocycles. The van der Waals surface area contributed by atoms with Gasteiger partial charge in [-0.2, -0.15) is 0 Å².